The molecule has 0 saturated carbocycles. The van der Waals surface area contributed by atoms with Crippen molar-refractivity contribution in [1.29, 1.82) is 0 Å². The minimum atomic E-state index is -1.90. The molecule has 25 heteroatoms. The van der Waals surface area contributed by atoms with E-state index in [-0.39, 0.29) is 31.8 Å². The van der Waals surface area contributed by atoms with Crippen LogP contribution >= 0.6 is 0 Å². The van der Waals surface area contributed by atoms with E-state index >= 15 is 0 Å². The molecule has 0 aromatic rings. The quantitative estimate of drug-likeness (QED) is 0.0442. The summed E-state index contributed by atoms with van der Waals surface area (Å²) in [5.74, 6) is -14.0. The van der Waals surface area contributed by atoms with E-state index in [4.69, 9.17) is 28.7 Å². The second-order valence-electron chi connectivity index (χ2n) is 12.5. The first-order valence-electron chi connectivity index (χ1n) is 16.9. The number of carbonyl (C=O) groups excluding carboxylic acids is 10. The number of aliphatic imine (C=N–C) groups is 1. The monoisotopic (exact) mass is 783 g/mol. The van der Waals surface area contributed by atoms with Gasteiger partial charge in [-0.15, -0.1) is 0 Å². The fourth-order valence-electron chi connectivity index (χ4n) is 4.96. The smallest absolute Gasteiger partial charge is 0.305 e. The molecule has 0 aliphatic carbocycles. The summed E-state index contributed by atoms with van der Waals surface area (Å²) >= 11 is 0. The van der Waals surface area contributed by atoms with Crippen LogP contribution in [0.5, 0.6) is 0 Å². The summed E-state index contributed by atoms with van der Waals surface area (Å²) in [5, 5.41) is 25.0. The van der Waals surface area contributed by atoms with Gasteiger partial charge in [-0.1, -0.05) is 20.3 Å². The van der Waals surface area contributed by atoms with Crippen molar-refractivity contribution in [2.75, 3.05) is 13.1 Å². The average Bonchev–Trinajstić information content (AvgIpc) is 3.07. The van der Waals surface area contributed by atoms with E-state index in [0.717, 1.165) is 0 Å². The molecule has 0 aromatic heterocycles. The second kappa shape index (κ2) is 22.5. The van der Waals surface area contributed by atoms with Gasteiger partial charge in [-0.2, -0.15) is 0 Å². The number of primary amides is 3. The molecule has 0 bridgehead atoms. The molecule has 1 heterocycles. The standard InChI is InChI=1S/C30H49N13O12/c1-3-12(2)23-29(55)42-16(9-20(33)46)27(53)41-15(8-19(32)45)26(52)40-14(7-18(31)44)25(51)39-13(5-4-6-36-30(34)35)24(50)37-11-21(47)38-17(10-22(48)49)28(54)43-23/h12-17,23H,3-11H2,1-2H3,(H2,31,44)(H2,32,45)(H2,33,46)(H,37,50)(H,38,47)(H,39,51)(H,40,52)(H,41,53)(H,42,55)(H,43,54)(H,48,49)(H4,34,35,36)/t12-,13-,14-,15-,16-,17-,23-/m0/s1. The van der Waals surface area contributed by atoms with Gasteiger partial charge in [-0.25, -0.2) is 0 Å². The highest BCUT2D eigenvalue weighted by Crippen LogP contribution is 2.11. The Hall–Kier alpha value is -6.56. The molecule has 10 amide bonds. The molecule has 0 radical (unpaired) electrons. The highest BCUT2D eigenvalue weighted by atomic mass is 16.4. The lowest BCUT2D eigenvalue weighted by molar-refractivity contribution is -0.141. The molecule has 1 saturated heterocycles. The van der Waals surface area contributed by atoms with Crippen LogP contribution in [0.15, 0.2) is 4.99 Å². The zero-order valence-electron chi connectivity index (χ0n) is 30.2. The van der Waals surface area contributed by atoms with Crippen LogP contribution in [0.4, 0.5) is 0 Å². The fraction of sp³-hybridized carbons (Fsp3) is 0.600. The van der Waals surface area contributed by atoms with Gasteiger partial charge >= 0.3 is 5.97 Å². The topological polar surface area (TPSA) is 435 Å². The van der Waals surface area contributed by atoms with Crippen molar-refractivity contribution < 1.29 is 57.8 Å². The minimum absolute atomic E-state index is 0.0316. The van der Waals surface area contributed by atoms with Crippen molar-refractivity contribution in [2.45, 2.75) is 95.0 Å². The summed E-state index contributed by atoms with van der Waals surface area (Å²) in [6.07, 6.45) is -3.56. The van der Waals surface area contributed by atoms with Crippen LogP contribution in [-0.2, 0) is 52.7 Å². The van der Waals surface area contributed by atoms with Crippen LogP contribution < -0.4 is 65.9 Å². The summed E-state index contributed by atoms with van der Waals surface area (Å²) < 4.78 is 0. The molecule has 25 nitrogen and oxygen atoms in total. The number of hydrogen-bond donors (Lipinski definition) is 13. The molecular formula is C30H49N13O12. The van der Waals surface area contributed by atoms with Crippen molar-refractivity contribution in [3.8, 4) is 0 Å². The van der Waals surface area contributed by atoms with Gasteiger partial charge in [0.25, 0.3) is 0 Å². The van der Waals surface area contributed by atoms with Crippen LogP contribution in [-0.4, -0.2) is 125 Å². The Morgan fingerprint density at radius 2 is 1.05 bits per heavy atom. The van der Waals surface area contributed by atoms with Crippen molar-refractivity contribution in [1.82, 2.24) is 37.2 Å². The molecule has 1 rings (SSSR count). The Labute approximate surface area is 313 Å². The van der Waals surface area contributed by atoms with Crippen molar-refractivity contribution in [2.24, 2.45) is 39.6 Å². The molecule has 1 aliphatic rings. The van der Waals surface area contributed by atoms with Crippen molar-refractivity contribution >= 4 is 71.0 Å². The molecule has 0 aromatic carbocycles. The van der Waals surface area contributed by atoms with E-state index in [2.05, 4.69) is 42.2 Å². The van der Waals surface area contributed by atoms with Gasteiger partial charge in [0, 0.05) is 6.54 Å². The predicted molar refractivity (Wildman–Crippen MR) is 188 cm³/mol. The summed E-state index contributed by atoms with van der Waals surface area (Å²) in [6.45, 7) is 2.24. The maximum absolute atomic E-state index is 13.5. The van der Waals surface area contributed by atoms with Crippen LogP contribution in [0.25, 0.3) is 0 Å². The number of guanidine groups is 1. The van der Waals surface area contributed by atoms with E-state index in [1.807, 2.05) is 0 Å². The third-order valence-corrected chi connectivity index (χ3v) is 7.94. The van der Waals surface area contributed by atoms with Crippen molar-refractivity contribution in [3.63, 3.8) is 0 Å². The Morgan fingerprint density at radius 3 is 1.47 bits per heavy atom. The van der Waals surface area contributed by atoms with Crippen LogP contribution in [0.2, 0.25) is 0 Å². The number of rotatable bonds is 14. The van der Waals surface area contributed by atoms with Crippen LogP contribution in [0, 0.1) is 5.92 Å². The number of carbonyl (C=O) groups is 11. The molecular weight excluding hydrogens is 734 g/mol. The predicted octanol–water partition coefficient (Wildman–Crippen LogP) is -7.77. The second-order valence-corrected chi connectivity index (χ2v) is 12.5. The minimum Gasteiger partial charge on any atom is -0.481 e. The Bertz CT molecular complexity index is 1530. The molecule has 306 valence electrons. The van der Waals surface area contributed by atoms with Gasteiger partial charge in [0.2, 0.25) is 59.1 Å². The van der Waals surface area contributed by atoms with Gasteiger partial charge < -0.3 is 71.0 Å². The Balaban J connectivity index is 3.80. The molecule has 1 aliphatic heterocycles. The van der Waals surface area contributed by atoms with Crippen LogP contribution in [0.3, 0.4) is 0 Å². The largest absolute Gasteiger partial charge is 0.481 e. The first-order chi connectivity index (χ1) is 25.6. The average molecular weight is 784 g/mol. The first kappa shape index (κ1) is 46.5. The van der Waals surface area contributed by atoms with Gasteiger partial charge in [-0.3, -0.25) is 57.7 Å². The fourth-order valence-corrected chi connectivity index (χ4v) is 4.96. The first-order valence-corrected chi connectivity index (χ1v) is 16.9. The van der Waals surface area contributed by atoms with E-state index in [9.17, 15) is 57.8 Å². The SMILES string of the molecule is CC[C@H](C)[C@@H]1NC(=O)[C@H](CC(=O)O)NC(=O)CNC(=O)[C@H](CCCN=C(N)N)NC(=O)[C@H](CC(N)=O)NC(=O)[C@H](CC(N)=O)NC(=O)[C@H](CC(N)=O)NC1=O. The summed E-state index contributed by atoms with van der Waals surface area (Å²) in [6, 6.07) is -10.4. The summed E-state index contributed by atoms with van der Waals surface area (Å²) in [5.41, 5.74) is 26.5. The number of nitrogens with zero attached hydrogens (tertiary/aromatic N) is 1. The van der Waals surface area contributed by atoms with Gasteiger partial charge in [-0.05, 0) is 18.8 Å². The van der Waals surface area contributed by atoms with Gasteiger partial charge in [0.05, 0.1) is 32.2 Å². The van der Waals surface area contributed by atoms with Crippen molar-refractivity contribution in [3.05, 3.63) is 0 Å². The van der Waals surface area contributed by atoms with E-state index < -0.39 is 139 Å². The zero-order chi connectivity index (χ0) is 42.0. The maximum Gasteiger partial charge on any atom is 0.305 e. The number of amides is 10. The summed E-state index contributed by atoms with van der Waals surface area (Å²) in [4.78, 5) is 145. The maximum atomic E-state index is 13.5. The third kappa shape index (κ3) is 17.2. The summed E-state index contributed by atoms with van der Waals surface area (Å²) in [7, 11) is 0. The highest BCUT2D eigenvalue weighted by Gasteiger charge is 2.36. The number of carboxylic acids is 1. The highest BCUT2D eigenvalue weighted by molar-refractivity contribution is 6.01. The molecule has 7 atom stereocenters. The lowest BCUT2D eigenvalue weighted by Gasteiger charge is -2.28. The molecule has 0 spiro atoms. The number of nitrogens with two attached hydrogens (primary N) is 5. The van der Waals surface area contributed by atoms with E-state index in [0.29, 0.717) is 0 Å². The normalized spacial score (nSPS) is 24.1. The number of hydrogen-bond acceptors (Lipinski definition) is 12. The lowest BCUT2D eigenvalue weighted by Crippen LogP contribution is -2.61. The molecule has 1 fully saturated rings. The van der Waals surface area contributed by atoms with E-state index in [1.165, 1.54) is 6.92 Å². The van der Waals surface area contributed by atoms with Gasteiger partial charge in [0.15, 0.2) is 5.96 Å². The number of carboxylic acid groups (broad SMARTS) is 1. The molecule has 55 heavy (non-hydrogen) atoms. The lowest BCUT2D eigenvalue weighted by atomic mass is 9.97. The molecule has 18 N–H and O–H groups in total. The van der Waals surface area contributed by atoms with E-state index in [1.54, 1.807) is 6.92 Å². The van der Waals surface area contributed by atoms with Crippen LogP contribution in [0.1, 0.15) is 58.8 Å². The third-order valence-electron chi connectivity index (χ3n) is 7.94. The Kier molecular flexibility index (Phi) is 19.0. The number of aliphatic carboxylic acids is 1. The van der Waals surface area contributed by atoms with Gasteiger partial charge in [0.1, 0.15) is 36.3 Å². The Morgan fingerprint density at radius 1 is 0.636 bits per heavy atom. The number of nitrogens with one attached hydrogen (secondary N) is 7. The zero-order valence-corrected chi connectivity index (χ0v) is 30.2. The molecule has 0 unspecified atom stereocenters.